The second-order valence-electron chi connectivity index (χ2n) is 6.82. The quantitative estimate of drug-likeness (QED) is 0.788. The van der Waals surface area contributed by atoms with Crippen molar-refractivity contribution in [2.75, 3.05) is 29.9 Å². The molecule has 0 radical (unpaired) electrons. The SMILES string of the molecule is O=C(Nc1cccnc1N1CCC(CO)CC1)c1n[nH]c2c1CCC2. The molecule has 2 aliphatic rings. The molecule has 2 aromatic rings. The number of aliphatic hydroxyl groups excluding tert-OH is 1. The molecule has 0 spiro atoms. The number of hydrogen-bond acceptors (Lipinski definition) is 5. The van der Waals surface area contributed by atoms with Gasteiger partial charge in [0, 0.05) is 37.2 Å². The smallest absolute Gasteiger partial charge is 0.276 e. The summed E-state index contributed by atoms with van der Waals surface area (Å²) >= 11 is 0. The topological polar surface area (TPSA) is 94.1 Å². The Morgan fingerprint density at radius 3 is 3.00 bits per heavy atom. The Bertz CT molecular complexity index is 765. The number of hydrogen-bond donors (Lipinski definition) is 3. The van der Waals surface area contributed by atoms with Crippen LogP contribution >= 0.6 is 0 Å². The van der Waals surface area contributed by atoms with E-state index in [2.05, 4.69) is 25.4 Å². The van der Waals surface area contributed by atoms with E-state index in [9.17, 15) is 9.90 Å². The number of aliphatic hydroxyl groups is 1. The number of H-pyrrole nitrogens is 1. The molecule has 0 bridgehead atoms. The van der Waals surface area contributed by atoms with Gasteiger partial charge in [0.15, 0.2) is 11.5 Å². The first-order valence-corrected chi connectivity index (χ1v) is 8.94. The predicted octanol–water partition coefficient (Wildman–Crippen LogP) is 1.75. The fourth-order valence-corrected chi connectivity index (χ4v) is 3.76. The number of carbonyl (C=O) groups excluding carboxylic acids is 1. The van der Waals surface area contributed by atoms with Crippen LogP contribution in [0.25, 0.3) is 0 Å². The van der Waals surface area contributed by atoms with Gasteiger partial charge in [0.05, 0.1) is 5.69 Å². The first kappa shape index (κ1) is 16.1. The molecule has 0 atom stereocenters. The Morgan fingerprint density at radius 2 is 2.20 bits per heavy atom. The highest BCUT2D eigenvalue weighted by atomic mass is 16.3. The Hall–Kier alpha value is -2.41. The number of aromatic amines is 1. The van der Waals surface area contributed by atoms with Crippen LogP contribution in [0.1, 0.15) is 41.0 Å². The fraction of sp³-hybridized carbons (Fsp3) is 0.500. The number of carbonyl (C=O) groups is 1. The number of amides is 1. The van der Waals surface area contributed by atoms with Crippen molar-refractivity contribution in [3.05, 3.63) is 35.3 Å². The van der Waals surface area contributed by atoms with Crippen LogP contribution in [0.3, 0.4) is 0 Å². The largest absolute Gasteiger partial charge is 0.396 e. The van der Waals surface area contributed by atoms with Crippen LogP contribution < -0.4 is 10.2 Å². The van der Waals surface area contributed by atoms with Crippen LogP contribution in [-0.4, -0.2) is 45.9 Å². The van der Waals surface area contributed by atoms with Crippen LogP contribution in [0, 0.1) is 5.92 Å². The van der Waals surface area contributed by atoms with E-state index in [0.29, 0.717) is 17.3 Å². The zero-order valence-electron chi connectivity index (χ0n) is 14.2. The third kappa shape index (κ3) is 3.11. The molecule has 0 saturated carbocycles. The van der Waals surface area contributed by atoms with Gasteiger partial charge in [-0.15, -0.1) is 0 Å². The average molecular weight is 341 g/mol. The van der Waals surface area contributed by atoms with Crippen LogP contribution in [0.5, 0.6) is 0 Å². The number of fused-ring (bicyclic) bond motifs is 1. The summed E-state index contributed by atoms with van der Waals surface area (Å²) in [5, 5.41) is 19.5. The molecule has 1 aliphatic carbocycles. The summed E-state index contributed by atoms with van der Waals surface area (Å²) in [6, 6.07) is 3.71. The Labute approximate surface area is 146 Å². The third-order valence-electron chi connectivity index (χ3n) is 5.23. The number of aryl methyl sites for hydroxylation is 1. The minimum atomic E-state index is -0.182. The highest BCUT2D eigenvalue weighted by Gasteiger charge is 2.25. The van der Waals surface area contributed by atoms with E-state index >= 15 is 0 Å². The summed E-state index contributed by atoms with van der Waals surface area (Å²) in [5.41, 5.74) is 3.35. The van der Waals surface area contributed by atoms with Gasteiger partial charge in [0.1, 0.15) is 0 Å². The summed E-state index contributed by atoms with van der Waals surface area (Å²) in [5.74, 6) is 0.975. The van der Waals surface area contributed by atoms with E-state index in [1.807, 2.05) is 12.1 Å². The highest BCUT2D eigenvalue weighted by Crippen LogP contribution is 2.29. The second kappa shape index (κ2) is 6.84. The molecule has 4 rings (SSSR count). The van der Waals surface area contributed by atoms with E-state index in [1.165, 1.54) is 0 Å². The molecule has 0 unspecified atom stereocenters. The minimum Gasteiger partial charge on any atom is -0.396 e. The fourth-order valence-electron chi connectivity index (χ4n) is 3.76. The molecule has 3 heterocycles. The van der Waals surface area contributed by atoms with Gasteiger partial charge in [-0.2, -0.15) is 5.10 Å². The van der Waals surface area contributed by atoms with E-state index in [4.69, 9.17) is 0 Å². The average Bonchev–Trinajstić information content (AvgIpc) is 3.26. The lowest BCUT2D eigenvalue weighted by atomic mass is 9.98. The van der Waals surface area contributed by atoms with Crippen molar-refractivity contribution in [1.29, 1.82) is 0 Å². The molecule has 1 fully saturated rings. The minimum absolute atomic E-state index is 0.182. The van der Waals surface area contributed by atoms with Crippen molar-refractivity contribution in [2.24, 2.45) is 5.92 Å². The third-order valence-corrected chi connectivity index (χ3v) is 5.23. The molecule has 7 nitrogen and oxygen atoms in total. The summed E-state index contributed by atoms with van der Waals surface area (Å²) in [7, 11) is 0. The molecule has 132 valence electrons. The van der Waals surface area contributed by atoms with Gasteiger partial charge in [0.25, 0.3) is 5.91 Å². The molecule has 0 aromatic carbocycles. The van der Waals surface area contributed by atoms with Gasteiger partial charge >= 0.3 is 0 Å². The molecule has 2 aromatic heterocycles. The highest BCUT2D eigenvalue weighted by molar-refractivity contribution is 6.05. The number of piperidine rings is 1. The van der Waals surface area contributed by atoms with E-state index in [0.717, 1.165) is 62.3 Å². The van der Waals surface area contributed by atoms with Crippen LogP contribution in [0.15, 0.2) is 18.3 Å². The summed E-state index contributed by atoms with van der Waals surface area (Å²) < 4.78 is 0. The Balaban J connectivity index is 1.52. The molecule has 1 amide bonds. The van der Waals surface area contributed by atoms with Crippen molar-refractivity contribution < 1.29 is 9.90 Å². The molecule has 1 saturated heterocycles. The van der Waals surface area contributed by atoms with Gasteiger partial charge in [-0.1, -0.05) is 0 Å². The molecular formula is C18H23N5O2. The lowest BCUT2D eigenvalue weighted by Gasteiger charge is -2.33. The summed E-state index contributed by atoms with van der Waals surface area (Å²) in [6.45, 7) is 1.91. The maximum atomic E-state index is 12.7. The maximum absolute atomic E-state index is 12.7. The van der Waals surface area contributed by atoms with Gasteiger partial charge < -0.3 is 15.3 Å². The zero-order valence-corrected chi connectivity index (χ0v) is 14.2. The number of aromatic nitrogens is 3. The van der Waals surface area contributed by atoms with Crippen LogP contribution in [0.2, 0.25) is 0 Å². The monoisotopic (exact) mass is 341 g/mol. The van der Waals surface area contributed by atoms with E-state index in [-0.39, 0.29) is 12.5 Å². The standard InChI is InChI=1S/C18H23N5O2/c24-11-12-6-9-23(10-7-12)17-15(5-2-8-19-17)20-18(25)16-13-3-1-4-14(13)21-22-16/h2,5,8,12,24H,1,3-4,6-7,9-11H2,(H,20,25)(H,21,22). The Morgan fingerprint density at radius 1 is 1.36 bits per heavy atom. The van der Waals surface area contributed by atoms with Gasteiger partial charge in [-0.25, -0.2) is 4.98 Å². The number of rotatable bonds is 4. The van der Waals surface area contributed by atoms with Crippen molar-refractivity contribution in [3.63, 3.8) is 0 Å². The van der Waals surface area contributed by atoms with Gasteiger partial charge in [0.2, 0.25) is 0 Å². The lowest BCUT2D eigenvalue weighted by molar-refractivity contribution is 0.102. The Kier molecular flexibility index (Phi) is 4.40. The predicted molar refractivity (Wildman–Crippen MR) is 94.8 cm³/mol. The number of pyridine rings is 1. The van der Waals surface area contributed by atoms with Crippen LogP contribution in [0.4, 0.5) is 11.5 Å². The van der Waals surface area contributed by atoms with E-state index < -0.39 is 0 Å². The van der Waals surface area contributed by atoms with Gasteiger partial charge in [-0.3, -0.25) is 9.89 Å². The second-order valence-corrected chi connectivity index (χ2v) is 6.82. The van der Waals surface area contributed by atoms with Crippen LogP contribution in [-0.2, 0) is 12.8 Å². The number of nitrogens with zero attached hydrogens (tertiary/aromatic N) is 3. The zero-order chi connectivity index (χ0) is 17.2. The molecule has 25 heavy (non-hydrogen) atoms. The maximum Gasteiger partial charge on any atom is 0.276 e. The molecule has 3 N–H and O–H groups in total. The van der Waals surface area contributed by atoms with E-state index in [1.54, 1.807) is 6.20 Å². The van der Waals surface area contributed by atoms with Crippen molar-refractivity contribution in [3.8, 4) is 0 Å². The molecular weight excluding hydrogens is 318 g/mol. The first-order chi connectivity index (χ1) is 12.3. The van der Waals surface area contributed by atoms with Crippen molar-refractivity contribution in [2.45, 2.75) is 32.1 Å². The normalized spacial score (nSPS) is 17.6. The first-order valence-electron chi connectivity index (χ1n) is 8.94. The summed E-state index contributed by atoms with van der Waals surface area (Å²) in [6.07, 6.45) is 6.56. The number of anilines is 2. The lowest BCUT2D eigenvalue weighted by Crippen LogP contribution is -2.36. The van der Waals surface area contributed by atoms with Crippen molar-refractivity contribution in [1.82, 2.24) is 15.2 Å². The van der Waals surface area contributed by atoms with Crippen molar-refractivity contribution >= 4 is 17.4 Å². The van der Waals surface area contributed by atoms with Gasteiger partial charge in [-0.05, 0) is 50.2 Å². The molecule has 7 heteroatoms. The summed E-state index contributed by atoms with van der Waals surface area (Å²) in [4.78, 5) is 19.4. The number of nitrogens with one attached hydrogen (secondary N) is 2. The molecule has 1 aliphatic heterocycles.